The summed E-state index contributed by atoms with van der Waals surface area (Å²) in [5.41, 5.74) is 1.80. The standard InChI is InChI=1S/C12H11FN2/c1-15(11-5-7-14-8-6-11)12-4-2-3-10(13)9-12/h2-9H,1H3. The van der Waals surface area contributed by atoms with Gasteiger partial charge in [-0.15, -0.1) is 0 Å². The SMILES string of the molecule is CN(c1ccncc1)c1cccc(F)c1. The molecule has 2 aromatic rings. The van der Waals surface area contributed by atoms with Gasteiger partial charge in [-0.3, -0.25) is 4.98 Å². The van der Waals surface area contributed by atoms with Crippen molar-refractivity contribution >= 4 is 11.4 Å². The summed E-state index contributed by atoms with van der Waals surface area (Å²) < 4.78 is 13.0. The molecule has 0 radical (unpaired) electrons. The Hall–Kier alpha value is -1.90. The molecule has 0 aliphatic heterocycles. The number of benzene rings is 1. The van der Waals surface area contributed by atoms with Crippen LogP contribution in [-0.4, -0.2) is 12.0 Å². The van der Waals surface area contributed by atoms with E-state index >= 15 is 0 Å². The van der Waals surface area contributed by atoms with Crippen LogP contribution in [0.4, 0.5) is 15.8 Å². The zero-order valence-electron chi connectivity index (χ0n) is 8.39. The van der Waals surface area contributed by atoms with E-state index in [1.807, 2.05) is 30.1 Å². The van der Waals surface area contributed by atoms with Gasteiger partial charge >= 0.3 is 0 Å². The lowest BCUT2D eigenvalue weighted by atomic mass is 10.2. The summed E-state index contributed by atoms with van der Waals surface area (Å²) >= 11 is 0. The van der Waals surface area contributed by atoms with Crippen molar-refractivity contribution in [3.8, 4) is 0 Å². The fraction of sp³-hybridized carbons (Fsp3) is 0.0833. The predicted octanol–water partition coefficient (Wildman–Crippen LogP) is 2.99. The van der Waals surface area contributed by atoms with Gasteiger partial charge in [0, 0.05) is 30.8 Å². The Labute approximate surface area is 88.0 Å². The predicted molar refractivity (Wildman–Crippen MR) is 58.7 cm³/mol. The van der Waals surface area contributed by atoms with Crippen molar-refractivity contribution in [3.63, 3.8) is 0 Å². The molecular weight excluding hydrogens is 191 g/mol. The molecular formula is C12H11FN2. The van der Waals surface area contributed by atoms with Gasteiger partial charge in [-0.2, -0.15) is 0 Å². The van der Waals surface area contributed by atoms with Gasteiger partial charge < -0.3 is 4.90 Å². The molecule has 0 spiro atoms. The Morgan fingerprint density at radius 2 is 1.80 bits per heavy atom. The second-order valence-electron chi connectivity index (χ2n) is 3.24. The Morgan fingerprint density at radius 1 is 1.07 bits per heavy atom. The first-order chi connectivity index (χ1) is 7.27. The van der Waals surface area contributed by atoms with Gasteiger partial charge in [0.1, 0.15) is 5.82 Å². The van der Waals surface area contributed by atoms with Crippen LogP contribution in [0.1, 0.15) is 0 Å². The molecule has 0 amide bonds. The molecule has 2 nitrogen and oxygen atoms in total. The third-order valence-electron chi connectivity index (χ3n) is 2.25. The Kier molecular flexibility index (Phi) is 2.63. The maximum Gasteiger partial charge on any atom is 0.125 e. The van der Waals surface area contributed by atoms with Gasteiger partial charge in [0.15, 0.2) is 0 Å². The number of rotatable bonds is 2. The molecule has 0 unspecified atom stereocenters. The number of hydrogen-bond donors (Lipinski definition) is 0. The second kappa shape index (κ2) is 4.09. The summed E-state index contributed by atoms with van der Waals surface area (Å²) in [5.74, 6) is -0.228. The quantitative estimate of drug-likeness (QED) is 0.744. The van der Waals surface area contributed by atoms with Crippen molar-refractivity contribution in [2.45, 2.75) is 0 Å². The molecule has 0 saturated carbocycles. The van der Waals surface area contributed by atoms with E-state index in [0.717, 1.165) is 11.4 Å². The highest BCUT2D eigenvalue weighted by Gasteiger charge is 2.03. The monoisotopic (exact) mass is 202 g/mol. The average Bonchev–Trinajstić information content (AvgIpc) is 2.29. The number of hydrogen-bond acceptors (Lipinski definition) is 2. The van der Waals surface area contributed by atoms with Gasteiger partial charge in [-0.25, -0.2) is 4.39 Å². The first-order valence-electron chi connectivity index (χ1n) is 4.67. The maximum atomic E-state index is 13.0. The number of anilines is 2. The van der Waals surface area contributed by atoms with E-state index in [9.17, 15) is 4.39 Å². The molecule has 0 saturated heterocycles. The first kappa shape index (κ1) is 9.65. The van der Waals surface area contributed by atoms with E-state index in [0.29, 0.717) is 0 Å². The molecule has 2 rings (SSSR count). The van der Waals surface area contributed by atoms with Crippen LogP contribution in [0.2, 0.25) is 0 Å². The maximum absolute atomic E-state index is 13.0. The topological polar surface area (TPSA) is 16.1 Å². The van der Waals surface area contributed by atoms with E-state index in [-0.39, 0.29) is 5.82 Å². The van der Waals surface area contributed by atoms with Gasteiger partial charge in [-0.05, 0) is 30.3 Å². The van der Waals surface area contributed by atoms with Crippen molar-refractivity contribution in [3.05, 3.63) is 54.6 Å². The summed E-state index contributed by atoms with van der Waals surface area (Å²) in [6.07, 6.45) is 3.43. The van der Waals surface area contributed by atoms with Gasteiger partial charge in [0.2, 0.25) is 0 Å². The average molecular weight is 202 g/mol. The van der Waals surface area contributed by atoms with Crippen molar-refractivity contribution in [2.24, 2.45) is 0 Å². The highest BCUT2D eigenvalue weighted by atomic mass is 19.1. The van der Waals surface area contributed by atoms with E-state index in [1.54, 1.807) is 18.5 Å². The fourth-order valence-corrected chi connectivity index (χ4v) is 1.40. The minimum atomic E-state index is -0.228. The van der Waals surface area contributed by atoms with Crippen molar-refractivity contribution in [1.82, 2.24) is 4.98 Å². The molecule has 3 heteroatoms. The molecule has 15 heavy (non-hydrogen) atoms. The van der Waals surface area contributed by atoms with Crippen molar-refractivity contribution in [2.75, 3.05) is 11.9 Å². The fourth-order valence-electron chi connectivity index (χ4n) is 1.40. The van der Waals surface area contributed by atoms with E-state index < -0.39 is 0 Å². The Morgan fingerprint density at radius 3 is 2.47 bits per heavy atom. The molecule has 0 aliphatic carbocycles. The highest BCUT2D eigenvalue weighted by molar-refractivity contribution is 5.61. The molecule has 0 bridgehead atoms. The smallest absolute Gasteiger partial charge is 0.125 e. The lowest BCUT2D eigenvalue weighted by Crippen LogP contribution is -2.09. The minimum absolute atomic E-state index is 0.228. The molecule has 0 aliphatic rings. The van der Waals surface area contributed by atoms with Gasteiger partial charge in [0.05, 0.1) is 0 Å². The summed E-state index contributed by atoms with van der Waals surface area (Å²) in [7, 11) is 1.89. The second-order valence-corrected chi connectivity index (χ2v) is 3.24. The third kappa shape index (κ3) is 2.13. The number of aromatic nitrogens is 1. The van der Waals surface area contributed by atoms with Crippen LogP contribution in [0.15, 0.2) is 48.8 Å². The molecule has 0 fully saturated rings. The van der Waals surface area contributed by atoms with Crippen LogP contribution in [0.5, 0.6) is 0 Å². The molecule has 1 aromatic heterocycles. The van der Waals surface area contributed by atoms with Crippen LogP contribution >= 0.6 is 0 Å². The number of pyridine rings is 1. The third-order valence-corrected chi connectivity index (χ3v) is 2.25. The molecule has 0 N–H and O–H groups in total. The Bertz CT molecular complexity index is 442. The zero-order chi connectivity index (χ0) is 10.7. The van der Waals surface area contributed by atoms with Gasteiger partial charge in [-0.1, -0.05) is 6.07 Å². The normalized spacial score (nSPS) is 10.0. The van der Waals surface area contributed by atoms with E-state index in [1.165, 1.54) is 12.1 Å². The lowest BCUT2D eigenvalue weighted by molar-refractivity contribution is 0.628. The van der Waals surface area contributed by atoms with Crippen LogP contribution in [0.25, 0.3) is 0 Å². The molecule has 0 atom stereocenters. The van der Waals surface area contributed by atoms with Crippen LogP contribution in [0.3, 0.4) is 0 Å². The van der Waals surface area contributed by atoms with Crippen molar-refractivity contribution < 1.29 is 4.39 Å². The molecule has 1 aromatic carbocycles. The van der Waals surface area contributed by atoms with E-state index in [4.69, 9.17) is 0 Å². The summed E-state index contributed by atoms with van der Waals surface area (Å²) in [4.78, 5) is 5.85. The molecule has 1 heterocycles. The summed E-state index contributed by atoms with van der Waals surface area (Å²) in [6.45, 7) is 0. The highest BCUT2D eigenvalue weighted by Crippen LogP contribution is 2.22. The largest absolute Gasteiger partial charge is 0.344 e. The first-order valence-corrected chi connectivity index (χ1v) is 4.67. The van der Waals surface area contributed by atoms with Crippen molar-refractivity contribution in [1.29, 1.82) is 0 Å². The van der Waals surface area contributed by atoms with Crippen LogP contribution in [0, 0.1) is 5.82 Å². The van der Waals surface area contributed by atoms with E-state index in [2.05, 4.69) is 4.98 Å². The summed E-state index contributed by atoms with van der Waals surface area (Å²) in [6, 6.07) is 10.3. The zero-order valence-corrected chi connectivity index (χ0v) is 8.39. The van der Waals surface area contributed by atoms with Crippen LogP contribution < -0.4 is 4.90 Å². The van der Waals surface area contributed by atoms with Gasteiger partial charge in [0.25, 0.3) is 0 Å². The minimum Gasteiger partial charge on any atom is -0.344 e. The number of halogens is 1. The molecule has 76 valence electrons. The van der Waals surface area contributed by atoms with Crippen LogP contribution in [-0.2, 0) is 0 Å². The number of nitrogens with zero attached hydrogens (tertiary/aromatic N) is 2. The lowest BCUT2D eigenvalue weighted by Gasteiger charge is -2.18. The summed E-state index contributed by atoms with van der Waals surface area (Å²) in [5, 5.41) is 0. The Balaban J connectivity index is 2.32.